The van der Waals surface area contributed by atoms with Crippen LogP contribution in [-0.2, 0) is 0 Å². The van der Waals surface area contributed by atoms with E-state index in [1.807, 2.05) is 6.07 Å². The van der Waals surface area contributed by atoms with Gasteiger partial charge in [-0.1, -0.05) is 6.92 Å². The molecule has 1 aromatic heterocycles. The second kappa shape index (κ2) is 5.46. The fourth-order valence-electron chi connectivity index (χ4n) is 2.20. The predicted octanol–water partition coefficient (Wildman–Crippen LogP) is 2.03. The van der Waals surface area contributed by atoms with Gasteiger partial charge >= 0.3 is 0 Å². The van der Waals surface area contributed by atoms with Crippen LogP contribution in [0.5, 0.6) is 0 Å². The fourth-order valence-corrected chi connectivity index (χ4v) is 2.35. The molecular weight excluding hydrogens is 224 g/mol. The van der Waals surface area contributed by atoms with Gasteiger partial charge in [-0.15, -0.1) is 0 Å². The van der Waals surface area contributed by atoms with Gasteiger partial charge in [0, 0.05) is 18.8 Å². The molecule has 1 aliphatic rings. The largest absolute Gasteiger partial charge is 0.368 e. The first kappa shape index (κ1) is 11.6. The summed E-state index contributed by atoms with van der Waals surface area (Å²) < 4.78 is 0. The molecule has 1 aromatic rings. The molecule has 0 unspecified atom stereocenters. The summed E-state index contributed by atoms with van der Waals surface area (Å²) in [4.78, 5) is 10.5. The van der Waals surface area contributed by atoms with Gasteiger partial charge in [0.05, 0.1) is 0 Å². The van der Waals surface area contributed by atoms with Crippen molar-refractivity contribution in [1.82, 2.24) is 14.9 Å². The number of anilines is 1. The quantitative estimate of drug-likeness (QED) is 0.818. The summed E-state index contributed by atoms with van der Waals surface area (Å²) in [6.07, 6.45) is 4.23. The summed E-state index contributed by atoms with van der Waals surface area (Å²) in [5.74, 6) is 0.808. The minimum Gasteiger partial charge on any atom is -0.368 e. The highest BCUT2D eigenvalue weighted by Crippen LogP contribution is 2.17. The van der Waals surface area contributed by atoms with E-state index in [-0.39, 0.29) is 0 Å². The molecule has 1 N–H and O–H groups in total. The van der Waals surface area contributed by atoms with Crippen LogP contribution in [0.2, 0.25) is 5.28 Å². The highest BCUT2D eigenvalue weighted by atomic mass is 35.5. The molecule has 88 valence electrons. The zero-order valence-corrected chi connectivity index (χ0v) is 10.2. The van der Waals surface area contributed by atoms with Crippen LogP contribution in [0.4, 0.5) is 5.82 Å². The Labute approximate surface area is 101 Å². The zero-order chi connectivity index (χ0) is 11.4. The van der Waals surface area contributed by atoms with Crippen LogP contribution in [0, 0.1) is 0 Å². The van der Waals surface area contributed by atoms with Gasteiger partial charge in [-0.05, 0) is 43.6 Å². The van der Waals surface area contributed by atoms with Gasteiger partial charge in [0.1, 0.15) is 5.82 Å². The fraction of sp³-hybridized carbons (Fsp3) is 0.636. The maximum Gasteiger partial charge on any atom is 0.224 e. The number of aromatic nitrogens is 2. The maximum atomic E-state index is 5.72. The average Bonchev–Trinajstić information content (AvgIpc) is 2.74. The highest BCUT2D eigenvalue weighted by molar-refractivity contribution is 6.28. The molecule has 0 spiro atoms. The van der Waals surface area contributed by atoms with E-state index in [2.05, 4.69) is 27.1 Å². The van der Waals surface area contributed by atoms with Crippen LogP contribution >= 0.6 is 11.6 Å². The lowest BCUT2D eigenvalue weighted by Gasteiger charge is -2.23. The van der Waals surface area contributed by atoms with Crippen LogP contribution in [0.1, 0.15) is 19.8 Å². The van der Waals surface area contributed by atoms with Gasteiger partial charge in [-0.2, -0.15) is 0 Å². The van der Waals surface area contributed by atoms with Crippen molar-refractivity contribution in [2.24, 2.45) is 0 Å². The minimum atomic E-state index is 0.295. The summed E-state index contributed by atoms with van der Waals surface area (Å²) >= 11 is 5.72. The molecule has 2 heterocycles. The van der Waals surface area contributed by atoms with E-state index < -0.39 is 0 Å². The normalized spacial score (nSPS) is 21.2. The molecule has 1 saturated heterocycles. The zero-order valence-electron chi connectivity index (χ0n) is 9.49. The Bertz CT molecular complexity index is 345. The first-order valence-corrected chi connectivity index (χ1v) is 6.14. The Hall–Kier alpha value is -0.870. The van der Waals surface area contributed by atoms with Crippen molar-refractivity contribution in [3.63, 3.8) is 0 Å². The smallest absolute Gasteiger partial charge is 0.224 e. The Kier molecular flexibility index (Phi) is 3.96. The Morgan fingerprint density at radius 1 is 1.62 bits per heavy atom. The van der Waals surface area contributed by atoms with Crippen LogP contribution < -0.4 is 5.32 Å². The van der Waals surface area contributed by atoms with Gasteiger partial charge in [-0.25, -0.2) is 9.97 Å². The Morgan fingerprint density at radius 3 is 3.25 bits per heavy atom. The maximum absolute atomic E-state index is 5.72. The van der Waals surface area contributed by atoms with E-state index in [9.17, 15) is 0 Å². The third-order valence-electron chi connectivity index (χ3n) is 3.05. The first-order valence-electron chi connectivity index (χ1n) is 5.76. The molecule has 0 bridgehead atoms. The Balaban J connectivity index is 1.87. The van der Waals surface area contributed by atoms with Crippen LogP contribution in [0.3, 0.4) is 0 Å². The number of halogens is 1. The average molecular weight is 241 g/mol. The molecule has 0 radical (unpaired) electrons. The third-order valence-corrected chi connectivity index (χ3v) is 3.23. The number of nitrogens with one attached hydrogen (secondary N) is 1. The summed E-state index contributed by atoms with van der Waals surface area (Å²) in [5.41, 5.74) is 0. The van der Waals surface area contributed by atoms with Gasteiger partial charge in [0.25, 0.3) is 0 Å². The van der Waals surface area contributed by atoms with Crippen LogP contribution in [0.15, 0.2) is 12.3 Å². The number of nitrogens with zero attached hydrogens (tertiary/aromatic N) is 3. The van der Waals surface area contributed by atoms with Gasteiger partial charge in [0.2, 0.25) is 5.28 Å². The van der Waals surface area contributed by atoms with Gasteiger partial charge < -0.3 is 5.32 Å². The second-order valence-corrected chi connectivity index (χ2v) is 4.35. The van der Waals surface area contributed by atoms with E-state index in [4.69, 9.17) is 11.6 Å². The SMILES string of the molecule is CCN1CCC[C@H]1CNc1ccnc(Cl)n1. The minimum absolute atomic E-state index is 0.295. The molecule has 0 saturated carbocycles. The van der Waals surface area contributed by atoms with Crippen molar-refractivity contribution in [3.8, 4) is 0 Å². The molecule has 2 rings (SSSR count). The van der Waals surface area contributed by atoms with Crippen molar-refractivity contribution in [3.05, 3.63) is 17.5 Å². The summed E-state index contributed by atoms with van der Waals surface area (Å²) in [6.45, 7) is 5.48. The van der Waals surface area contributed by atoms with Gasteiger partial charge in [-0.3, -0.25) is 4.90 Å². The predicted molar refractivity (Wildman–Crippen MR) is 65.8 cm³/mol. The van der Waals surface area contributed by atoms with Crippen LogP contribution in [-0.4, -0.2) is 40.5 Å². The third kappa shape index (κ3) is 2.83. The molecule has 0 amide bonds. The van der Waals surface area contributed by atoms with Crippen molar-refractivity contribution >= 4 is 17.4 Å². The molecule has 1 aliphatic heterocycles. The Morgan fingerprint density at radius 2 is 2.50 bits per heavy atom. The number of hydrogen-bond acceptors (Lipinski definition) is 4. The van der Waals surface area contributed by atoms with Crippen molar-refractivity contribution in [1.29, 1.82) is 0 Å². The van der Waals surface area contributed by atoms with E-state index in [1.54, 1.807) is 6.20 Å². The molecular formula is C11H17ClN4. The summed E-state index contributed by atoms with van der Waals surface area (Å²) in [5, 5.41) is 3.61. The summed E-state index contributed by atoms with van der Waals surface area (Å²) in [7, 11) is 0. The van der Waals surface area contributed by atoms with E-state index in [0.29, 0.717) is 11.3 Å². The second-order valence-electron chi connectivity index (χ2n) is 4.02. The topological polar surface area (TPSA) is 41.0 Å². The molecule has 0 aromatic carbocycles. The van der Waals surface area contributed by atoms with E-state index in [1.165, 1.54) is 19.4 Å². The van der Waals surface area contributed by atoms with E-state index in [0.717, 1.165) is 18.9 Å². The lowest BCUT2D eigenvalue weighted by molar-refractivity contribution is 0.277. The lowest BCUT2D eigenvalue weighted by atomic mass is 10.2. The van der Waals surface area contributed by atoms with E-state index >= 15 is 0 Å². The van der Waals surface area contributed by atoms with Crippen LogP contribution in [0.25, 0.3) is 0 Å². The molecule has 0 aliphatic carbocycles. The molecule has 1 fully saturated rings. The molecule has 5 heteroatoms. The first-order chi connectivity index (χ1) is 7.79. The number of likely N-dealkylation sites (N-methyl/N-ethyl adjacent to an activating group) is 1. The lowest BCUT2D eigenvalue weighted by Crippen LogP contribution is -2.34. The number of likely N-dealkylation sites (tertiary alicyclic amines) is 1. The number of rotatable bonds is 4. The highest BCUT2D eigenvalue weighted by Gasteiger charge is 2.22. The molecule has 4 nitrogen and oxygen atoms in total. The monoisotopic (exact) mass is 240 g/mol. The number of hydrogen-bond donors (Lipinski definition) is 1. The van der Waals surface area contributed by atoms with Crippen molar-refractivity contribution in [2.45, 2.75) is 25.8 Å². The van der Waals surface area contributed by atoms with Gasteiger partial charge in [0.15, 0.2) is 0 Å². The molecule has 16 heavy (non-hydrogen) atoms. The molecule has 1 atom stereocenters. The standard InChI is InChI=1S/C11H17ClN4/c1-2-16-7-3-4-9(16)8-14-10-5-6-13-11(12)15-10/h5-6,9H,2-4,7-8H2,1H3,(H,13,14,15)/t9-/m0/s1. The summed E-state index contributed by atoms with van der Waals surface area (Å²) in [6, 6.07) is 2.47. The van der Waals surface area contributed by atoms with Crippen molar-refractivity contribution in [2.75, 3.05) is 25.0 Å². The van der Waals surface area contributed by atoms with Crippen molar-refractivity contribution < 1.29 is 0 Å².